The molecule has 0 amide bonds. The monoisotopic (exact) mass is 407 g/mol. The summed E-state index contributed by atoms with van der Waals surface area (Å²) < 4.78 is 41.6. The summed E-state index contributed by atoms with van der Waals surface area (Å²) in [4.78, 5) is 5.61. The van der Waals surface area contributed by atoms with Crippen LogP contribution in [0.15, 0.2) is 47.4 Å². The second-order valence-electron chi connectivity index (χ2n) is 5.98. The Balaban J connectivity index is 1.77. The van der Waals surface area contributed by atoms with Gasteiger partial charge < -0.3 is 4.74 Å². The number of benzene rings is 2. The van der Waals surface area contributed by atoms with Crippen LogP contribution in [0.5, 0.6) is 5.75 Å². The summed E-state index contributed by atoms with van der Waals surface area (Å²) in [5.74, 6) is 0.638. The Kier molecular flexibility index (Phi) is 4.78. The maximum absolute atomic E-state index is 12.5. The Morgan fingerprint density at radius 1 is 1.11 bits per heavy atom. The molecule has 1 aliphatic heterocycles. The molecule has 1 aliphatic rings. The smallest absolute Gasteiger partial charge is 0.406 e. The molecule has 4 rings (SSSR count). The fraction of sp³-hybridized carbons (Fsp3) is 0.150. The van der Waals surface area contributed by atoms with E-state index in [1.54, 1.807) is 17.8 Å². The normalized spacial score (nSPS) is 14.1. The first-order valence-corrected chi connectivity index (χ1v) is 9.55. The molecule has 2 aromatic carbocycles. The van der Waals surface area contributed by atoms with Crippen LogP contribution in [0, 0.1) is 0 Å². The van der Waals surface area contributed by atoms with E-state index in [2.05, 4.69) is 9.72 Å². The third-order valence-corrected chi connectivity index (χ3v) is 5.70. The van der Waals surface area contributed by atoms with Crippen LogP contribution in [-0.4, -0.2) is 17.1 Å². The Hall–Kier alpha value is -2.18. The number of nitrogens with zero attached hydrogens (tertiary/aromatic N) is 1. The SMILES string of the molecule is FC(F)(F)Oc1ccc2nc(C=Cc3ccccc3Cl)c3c(c2c1)SCC3. The number of thioether (sulfide) groups is 1. The number of hydrogen-bond acceptors (Lipinski definition) is 3. The highest BCUT2D eigenvalue weighted by atomic mass is 35.5. The lowest BCUT2D eigenvalue weighted by atomic mass is 10.1. The summed E-state index contributed by atoms with van der Waals surface area (Å²) in [5.41, 5.74) is 3.37. The summed E-state index contributed by atoms with van der Waals surface area (Å²) in [5, 5.41) is 1.33. The zero-order valence-electron chi connectivity index (χ0n) is 13.9. The fourth-order valence-corrected chi connectivity index (χ4v) is 4.46. The average Bonchev–Trinajstić information content (AvgIpc) is 3.10. The minimum atomic E-state index is -4.71. The minimum absolute atomic E-state index is 0.231. The molecular weight excluding hydrogens is 395 g/mol. The number of alkyl halides is 3. The molecule has 3 aromatic rings. The molecule has 0 atom stereocenters. The molecule has 0 saturated heterocycles. The number of fused-ring (bicyclic) bond motifs is 3. The summed E-state index contributed by atoms with van der Waals surface area (Å²) in [6.45, 7) is 0. The molecule has 0 N–H and O–H groups in total. The number of rotatable bonds is 3. The van der Waals surface area contributed by atoms with Gasteiger partial charge in [-0.1, -0.05) is 35.9 Å². The van der Waals surface area contributed by atoms with Gasteiger partial charge in [0.05, 0.1) is 11.2 Å². The van der Waals surface area contributed by atoms with Crippen molar-refractivity contribution in [2.24, 2.45) is 0 Å². The molecule has 2 heterocycles. The van der Waals surface area contributed by atoms with Crippen molar-refractivity contribution in [1.82, 2.24) is 4.98 Å². The second kappa shape index (κ2) is 7.09. The third-order valence-electron chi connectivity index (χ3n) is 4.19. The Labute approximate surface area is 163 Å². The molecule has 0 saturated carbocycles. The largest absolute Gasteiger partial charge is 0.573 e. The molecular formula is C20H13ClF3NOS. The van der Waals surface area contributed by atoms with E-state index in [0.29, 0.717) is 15.9 Å². The first-order chi connectivity index (χ1) is 12.9. The molecule has 0 radical (unpaired) electrons. The number of hydrogen-bond donors (Lipinski definition) is 0. The van der Waals surface area contributed by atoms with Gasteiger partial charge in [0, 0.05) is 21.1 Å². The predicted molar refractivity (Wildman–Crippen MR) is 103 cm³/mol. The minimum Gasteiger partial charge on any atom is -0.406 e. The van der Waals surface area contributed by atoms with Gasteiger partial charge in [-0.3, -0.25) is 0 Å². The molecule has 2 nitrogen and oxygen atoms in total. The van der Waals surface area contributed by atoms with Gasteiger partial charge >= 0.3 is 6.36 Å². The fourth-order valence-electron chi connectivity index (χ4n) is 3.05. The first kappa shape index (κ1) is 18.2. The van der Waals surface area contributed by atoms with Crippen LogP contribution in [0.4, 0.5) is 13.2 Å². The average molecular weight is 408 g/mol. The summed E-state index contributed by atoms with van der Waals surface area (Å²) in [6, 6.07) is 11.8. The van der Waals surface area contributed by atoms with Crippen LogP contribution in [0.1, 0.15) is 16.8 Å². The van der Waals surface area contributed by atoms with Crippen molar-refractivity contribution in [2.45, 2.75) is 17.7 Å². The summed E-state index contributed by atoms with van der Waals surface area (Å²) in [7, 11) is 0. The van der Waals surface area contributed by atoms with E-state index in [1.165, 1.54) is 12.1 Å². The van der Waals surface area contributed by atoms with Gasteiger partial charge in [-0.2, -0.15) is 0 Å². The van der Waals surface area contributed by atoms with E-state index in [9.17, 15) is 13.2 Å². The number of halogens is 4. The zero-order chi connectivity index (χ0) is 19.0. The van der Waals surface area contributed by atoms with Crippen LogP contribution < -0.4 is 4.74 Å². The van der Waals surface area contributed by atoms with Crippen molar-refractivity contribution >= 4 is 46.4 Å². The van der Waals surface area contributed by atoms with E-state index in [0.717, 1.165) is 33.9 Å². The van der Waals surface area contributed by atoms with E-state index < -0.39 is 6.36 Å². The Bertz CT molecular complexity index is 1050. The van der Waals surface area contributed by atoms with Gasteiger partial charge in [0.2, 0.25) is 0 Å². The quantitative estimate of drug-likeness (QED) is 0.488. The van der Waals surface area contributed by atoms with E-state index >= 15 is 0 Å². The summed E-state index contributed by atoms with van der Waals surface area (Å²) in [6.07, 6.45) is -0.0864. The maximum Gasteiger partial charge on any atom is 0.573 e. The standard InChI is InChI=1S/C20H13ClF3NOS/c21-16-4-2-1-3-12(16)5-7-17-14-9-10-27-19(14)15-11-13(26-20(22,23)24)6-8-18(15)25-17/h1-8,11H,9-10H2. The van der Waals surface area contributed by atoms with E-state index in [4.69, 9.17) is 11.6 Å². The zero-order valence-corrected chi connectivity index (χ0v) is 15.5. The van der Waals surface area contributed by atoms with Crippen molar-refractivity contribution < 1.29 is 17.9 Å². The van der Waals surface area contributed by atoms with Gasteiger partial charge in [-0.15, -0.1) is 24.9 Å². The van der Waals surface area contributed by atoms with Crippen LogP contribution in [0.3, 0.4) is 0 Å². The Morgan fingerprint density at radius 3 is 2.70 bits per heavy atom. The molecule has 0 bridgehead atoms. The molecule has 0 aliphatic carbocycles. The number of pyridine rings is 1. The van der Waals surface area contributed by atoms with Crippen molar-refractivity contribution in [3.63, 3.8) is 0 Å². The molecule has 0 unspecified atom stereocenters. The topological polar surface area (TPSA) is 22.1 Å². The lowest BCUT2D eigenvalue weighted by molar-refractivity contribution is -0.274. The van der Waals surface area contributed by atoms with Crippen LogP contribution in [0.25, 0.3) is 23.1 Å². The molecule has 1 aromatic heterocycles. The van der Waals surface area contributed by atoms with Crippen LogP contribution in [-0.2, 0) is 6.42 Å². The van der Waals surface area contributed by atoms with Gasteiger partial charge in [0.15, 0.2) is 0 Å². The van der Waals surface area contributed by atoms with Gasteiger partial charge in [0.1, 0.15) is 5.75 Å². The highest BCUT2D eigenvalue weighted by molar-refractivity contribution is 7.99. The van der Waals surface area contributed by atoms with Crippen molar-refractivity contribution in [3.8, 4) is 5.75 Å². The number of ether oxygens (including phenoxy) is 1. The summed E-state index contributed by atoms with van der Waals surface area (Å²) >= 11 is 7.82. The maximum atomic E-state index is 12.5. The second-order valence-corrected chi connectivity index (χ2v) is 7.50. The van der Waals surface area contributed by atoms with E-state index in [-0.39, 0.29) is 5.75 Å². The van der Waals surface area contributed by atoms with Crippen molar-refractivity contribution in [3.05, 3.63) is 64.3 Å². The molecule has 0 fully saturated rings. The van der Waals surface area contributed by atoms with Gasteiger partial charge in [0.25, 0.3) is 0 Å². The van der Waals surface area contributed by atoms with Crippen molar-refractivity contribution in [2.75, 3.05) is 5.75 Å². The predicted octanol–water partition coefficient (Wildman–Crippen LogP) is 6.61. The van der Waals surface area contributed by atoms with Crippen LogP contribution in [0.2, 0.25) is 5.02 Å². The molecule has 27 heavy (non-hydrogen) atoms. The highest BCUT2D eigenvalue weighted by Gasteiger charge is 2.31. The molecule has 0 spiro atoms. The lowest BCUT2D eigenvalue weighted by Gasteiger charge is -2.12. The Morgan fingerprint density at radius 2 is 1.93 bits per heavy atom. The lowest BCUT2D eigenvalue weighted by Crippen LogP contribution is -2.17. The van der Waals surface area contributed by atoms with Gasteiger partial charge in [-0.05, 0) is 47.9 Å². The first-order valence-electron chi connectivity index (χ1n) is 8.18. The van der Waals surface area contributed by atoms with Crippen LogP contribution >= 0.6 is 23.4 Å². The number of aromatic nitrogens is 1. The van der Waals surface area contributed by atoms with Crippen molar-refractivity contribution in [1.29, 1.82) is 0 Å². The third kappa shape index (κ3) is 3.92. The van der Waals surface area contributed by atoms with Gasteiger partial charge in [-0.25, -0.2) is 4.98 Å². The highest BCUT2D eigenvalue weighted by Crippen LogP contribution is 2.40. The molecule has 7 heteroatoms. The molecule has 138 valence electrons. The van der Waals surface area contributed by atoms with E-state index in [1.807, 2.05) is 36.4 Å².